The van der Waals surface area contributed by atoms with Crippen molar-refractivity contribution in [2.45, 2.75) is 25.9 Å². The third kappa shape index (κ3) is 4.11. The Morgan fingerprint density at radius 2 is 1.81 bits per heavy atom. The van der Waals surface area contributed by atoms with E-state index in [2.05, 4.69) is 11.9 Å². The van der Waals surface area contributed by atoms with E-state index in [1.807, 2.05) is 12.1 Å². The summed E-state index contributed by atoms with van der Waals surface area (Å²) in [5, 5.41) is 0. The summed E-state index contributed by atoms with van der Waals surface area (Å²) in [6, 6.07) is 8.74. The number of hydrogen-bond acceptors (Lipinski definition) is 3. The van der Waals surface area contributed by atoms with Crippen LogP contribution in [-0.4, -0.2) is 4.98 Å². The lowest BCUT2D eigenvalue weighted by Crippen LogP contribution is -2.07. The minimum atomic E-state index is -4.49. The van der Waals surface area contributed by atoms with Crippen molar-refractivity contribution in [3.63, 3.8) is 0 Å². The lowest BCUT2D eigenvalue weighted by atomic mass is 10.1. The normalized spacial score (nSPS) is 11.4. The molecule has 0 aliphatic carbocycles. The minimum Gasteiger partial charge on any atom is -0.439 e. The molecule has 2 aromatic rings. The highest BCUT2D eigenvalue weighted by atomic mass is 19.4. The van der Waals surface area contributed by atoms with Gasteiger partial charge in [-0.15, -0.1) is 0 Å². The molecule has 0 saturated heterocycles. The van der Waals surface area contributed by atoms with Crippen LogP contribution in [0.4, 0.5) is 19.0 Å². The quantitative estimate of drug-likeness (QED) is 0.908. The molecule has 112 valence electrons. The summed E-state index contributed by atoms with van der Waals surface area (Å²) in [5.41, 5.74) is 5.64. The topological polar surface area (TPSA) is 48.1 Å². The molecule has 0 saturated carbocycles. The Morgan fingerprint density at radius 1 is 1.14 bits per heavy atom. The van der Waals surface area contributed by atoms with Crippen LogP contribution < -0.4 is 10.5 Å². The molecule has 21 heavy (non-hydrogen) atoms. The predicted molar refractivity (Wildman–Crippen MR) is 74.2 cm³/mol. The number of halogens is 3. The fourth-order valence-corrected chi connectivity index (χ4v) is 1.88. The molecule has 0 spiro atoms. The Balaban J connectivity index is 2.21. The molecule has 2 rings (SSSR count). The summed E-state index contributed by atoms with van der Waals surface area (Å²) in [6.07, 6.45) is -2.53. The van der Waals surface area contributed by atoms with Gasteiger partial charge < -0.3 is 10.5 Å². The van der Waals surface area contributed by atoms with Gasteiger partial charge in [-0.25, -0.2) is 0 Å². The van der Waals surface area contributed by atoms with Crippen molar-refractivity contribution in [3.8, 4) is 11.6 Å². The number of nitrogen functional groups attached to an aromatic ring is 1. The second kappa shape index (κ2) is 6.03. The van der Waals surface area contributed by atoms with Crippen LogP contribution in [0.15, 0.2) is 36.4 Å². The van der Waals surface area contributed by atoms with Crippen molar-refractivity contribution in [2.24, 2.45) is 0 Å². The SMILES string of the molecule is CCCc1ccc(Oc2cc(C(F)(F)F)cc(N)n2)cc1. The number of benzene rings is 1. The molecule has 0 aliphatic heterocycles. The fraction of sp³-hybridized carbons (Fsp3) is 0.267. The second-order valence-electron chi connectivity index (χ2n) is 4.61. The van der Waals surface area contributed by atoms with Gasteiger partial charge in [0, 0.05) is 6.07 Å². The highest BCUT2D eigenvalue weighted by Crippen LogP contribution is 2.33. The van der Waals surface area contributed by atoms with Gasteiger partial charge in [0.25, 0.3) is 0 Å². The Bertz CT molecular complexity index is 609. The average Bonchev–Trinajstić information content (AvgIpc) is 2.40. The summed E-state index contributed by atoms with van der Waals surface area (Å²) in [5.74, 6) is 0.00840. The van der Waals surface area contributed by atoms with Gasteiger partial charge in [-0.2, -0.15) is 18.2 Å². The van der Waals surface area contributed by atoms with Crippen molar-refractivity contribution in [1.82, 2.24) is 4.98 Å². The molecule has 6 heteroatoms. The monoisotopic (exact) mass is 296 g/mol. The number of alkyl halides is 3. The lowest BCUT2D eigenvalue weighted by Gasteiger charge is -2.10. The zero-order chi connectivity index (χ0) is 15.5. The van der Waals surface area contributed by atoms with Crippen LogP contribution in [0.5, 0.6) is 11.6 Å². The standard InChI is InChI=1S/C15H15F3N2O/c1-2-3-10-4-6-12(7-5-10)21-14-9-11(15(16,17)18)8-13(19)20-14/h4-9H,2-3H2,1H3,(H2,19,20). The van der Waals surface area contributed by atoms with E-state index in [0.717, 1.165) is 30.5 Å². The van der Waals surface area contributed by atoms with Crippen molar-refractivity contribution in [3.05, 3.63) is 47.5 Å². The lowest BCUT2D eigenvalue weighted by molar-refractivity contribution is -0.137. The summed E-state index contributed by atoms with van der Waals surface area (Å²) in [4.78, 5) is 3.76. The Morgan fingerprint density at radius 3 is 2.38 bits per heavy atom. The van der Waals surface area contributed by atoms with Gasteiger partial charge in [0.15, 0.2) is 0 Å². The molecule has 0 bridgehead atoms. The van der Waals surface area contributed by atoms with Gasteiger partial charge in [0.2, 0.25) is 5.88 Å². The second-order valence-corrected chi connectivity index (χ2v) is 4.61. The van der Waals surface area contributed by atoms with Crippen molar-refractivity contribution >= 4 is 5.82 Å². The number of ether oxygens (including phenoxy) is 1. The maximum Gasteiger partial charge on any atom is 0.416 e. The van der Waals surface area contributed by atoms with Crippen molar-refractivity contribution in [2.75, 3.05) is 5.73 Å². The van der Waals surface area contributed by atoms with Gasteiger partial charge in [-0.05, 0) is 30.2 Å². The zero-order valence-electron chi connectivity index (χ0n) is 11.4. The highest BCUT2D eigenvalue weighted by molar-refractivity contribution is 5.40. The number of nitrogens with two attached hydrogens (primary N) is 1. The van der Waals surface area contributed by atoms with Gasteiger partial charge in [0.1, 0.15) is 11.6 Å². The van der Waals surface area contributed by atoms with Gasteiger partial charge in [-0.3, -0.25) is 0 Å². The van der Waals surface area contributed by atoms with E-state index >= 15 is 0 Å². The number of anilines is 1. The number of hydrogen-bond donors (Lipinski definition) is 1. The van der Waals surface area contributed by atoms with Crippen molar-refractivity contribution < 1.29 is 17.9 Å². The van der Waals surface area contributed by atoms with E-state index in [1.54, 1.807) is 12.1 Å². The summed E-state index contributed by atoms with van der Waals surface area (Å²) >= 11 is 0. The third-order valence-corrected chi connectivity index (χ3v) is 2.83. The molecule has 2 N–H and O–H groups in total. The van der Waals surface area contributed by atoms with E-state index in [0.29, 0.717) is 5.75 Å². The van der Waals surface area contributed by atoms with Crippen LogP contribution in [0.3, 0.4) is 0 Å². The fourth-order valence-electron chi connectivity index (χ4n) is 1.88. The number of pyridine rings is 1. The first kappa shape index (κ1) is 15.2. The number of aryl methyl sites for hydroxylation is 1. The van der Waals surface area contributed by atoms with E-state index in [1.165, 1.54) is 0 Å². The molecule has 0 atom stereocenters. The smallest absolute Gasteiger partial charge is 0.416 e. The molecule has 0 aliphatic rings. The Hall–Kier alpha value is -2.24. The van der Waals surface area contributed by atoms with Crippen LogP contribution >= 0.6 is 0 Å². The summed E-state index contributed by atoms with van der Waals surface area (Å²) < 4.78 is 43.4. The molecule has 1 aromatic heterocycles. The third-order valence-electron chi connectivity index (χ3n) is 2.83. The van der Waals surface area contributed by atoms with Crippen LogP contribution in [0, 0.1) is 0 Å². The number of nitrogens with zero attached hydrogens (tertiary/aromatic N) is 1. The Labute approximate surface area is 120 Å². The number of rotatable bonds is 4. The van der Waals surface area contributed by atoms with E-state index in [-0.39, 0.29) is 11.7 Å². The summed E-state index contributed by atoms with van der Waals surface area (Å²) in [6.45, 7) is 2.07. The number of aromatic nitrogens is 1. The van der Waals surface area contributed by atoms with E-state index in [9.17, 15) is 13.2 Å². The largest absolute Gasteiger partial charge is 0.439 e. The maximum absolute atomic E-state index is 12.7. The summed E-state index contributed by atoms with van der Waals surface area (Å²) in [7, 11) is 0. The average molecular weight is 296 g/mol. The zero-order valence-corrected chi connectivity index (χ0v) is 11.4. The van der Waals surface area contributed by atoms with Crippen LogP contribution in [-0.2, 0) is 12.6 Å². The van der Waals surface area contributed by atoms with Crippen LogP contribution in [0.1, 0.15) is 24.5 Å². The van der Waals surface area contributed by atoms with Crippen molar-refractivity contribution in [1.29, 1.82) is 0 Å². The van der Waals surface area contributed by atoms with E-state index in [4.69, 9.17) is 10.5 Å². The van der Waals surface area contributed by atoms with Gasteiger partial charge in [0.05, 0.1) is 5.56 Å². The van der Waals surface area contributed by atoms with Gasteiger partial charge >= 0.3 is 6.18 Å². The minimum absolute atomic E-state index is 0.175. The Kier molecular flexibility index (Phi) is 4.35. The molecule has 1 heterocycles. The molecule has 0 radical (unpaired) electrons. The molecule has 1 aromatic carbocycles. The first-order chi connectivity index (χ1) is 9.88. The molecular weight excluding hydrogens is 281 g/mol. The molecule has 0 fully saturated rings. The predicted octanol–water partition coefficient (Wildman–Crippen LogP) is 4.43. The molecular formula is C15H15F3N2O. The highest BCUT2D eigenvalue weighted by Gasteiger charge is 2.31. The van der Waals surface area contributed by atoms with Crippen LogP contribution in [0.2, 0.25) is 0 Å². The molecule has 0 unspecified atom stereocenters. The maximum atomic E-state index is 12.7. The van der Waals surface area contributed by atoms with Crippen LogP contribution in [0.25, 0.3) is 0 Å². The molecule has 0 amide bonds. The molecule has 3 nitrogen and oxygen atoms in total. The van der Waals surface area contributed by atoms with Gasteiger partial charge in [-0.1, -0.05) is 25.5 Å². The van der Waals surface area contributed by atoms with E-state index < -0.39 is 11.7 Å². The first-order valence-corrected chi connectivity index (χ1v) is 6.50. The first-order valence-electron chi connectivity index (χ1n) is 6.50.